The highest BCUT2D eigenvalue weighted by molar-refractivity contribution is 6.03. The van der Waals surface area contributed by atoms with E-state index in [2.05, 4.69) is 38.4 Å². The minimum absolute atomic E-state index is 0.194. The number of aryl methyl sites for hydroxylation is 1. The van der Waals surface area contributed by atoms with Gasteiger partial charge < -0.3 is 10.4 Å². The Morgan fingerprint density at radius 2 is 1.74 bits per heavy atom. The van der Waals surface area contributed by atoms with E-state index in [1.807, 2.05) is 49.4 Å². The lowest BCUT2D eigenvalue weighted by Crippen LogP contribution is -2.28. The number of aromatic hydroxyl groups is 1. The zero-order valence-electron chi connectivity index (χ0n) is 19.9. The number of pyridine rings is 1. The zero-order valence-corrected chi connectivity index (χ0v) is 19.9. The van der Waals surface area contributed by atoms with Crippen LogP contribution < -0.4 is 10.9 Å². The van der Waals surface area contributed by atoms with Crippen LogP contribution in [0.4, 0.5) is 17.1 Å². The molecule has 0 aliphatic carbocycles. The number of anilines is 2. The Morgan fingerprint density at radius 3 is 2.51 bits per heavy atom. The van der Waals surface area contributed by atoms with E-state index < -0.39 is 0 Å². The lowest BCUT2D eigenvalue weighted by atomic mass is 10.1. The summed E-state index contributed by atoms with van der Waals surface area (Å²) in [6, 6.07) is 21.8. The molecule has 6 nitrogen and oxygen atoms in total. The molecule has 1 saturated heterocycles. The number of aromatic nitrogens is 1. The fraction of sp³-hybridized carbons (Fsp3) is 0.241. The lowest BCUT2D eigenvalue weighted by Gasteiger charge is -2.26. The third-order valence-corrected chi connectivity index (χ3v) is 6.48. The molecule has 5 rings (SSSR count). The first-order chi connectivity index (χ1) is 17.0. The summed E-state index contributed by atoms with van der Waals surface area (Å²) in [5.41, 5.74) is 5.14. The summed E-state index contributed by atoms with van der Waals surface area (Å²) >= 11 is 0. The summed E-state index contributed by atoms with van der Waals surface area (Å²) in [6.07, 6.45) is 5.51. The summed E-state index contributed by atoms with van der Waals surface area (Å²) in [6.45, 7) is 5.34. The van der Waals surface area contributed by atoms with Gasteiger partial charge in [-0.1, -0.05) is 30.7 Å². The van der Waals surface area contributed by atoms with Crippen molar-refractivity contribution in [3.05, 3.63) is 93.8 Å². The van der Waals surface area contributed by atoms with Crippen LogP contribution in [0.1, 0.15) is 36.0 Å². The van der Waals surface area contributed by atoms with Crippen LogP contribution in [0.2, 0.25) is 0 Å². The highest BCUT2D eigenvalue weighted by Gasteiger charge is 2.12. The Labute approximate surface area is 205 Å². The molecule has 1 aliphatic rings. The largest absolute Gasteiger partial charge is 0.494 e. The van der Waals surface area contributed by atoms with Crippen LogP contribution in [0.3, 0.4) is 0 Å². The van der Waals surface area contributed by atoms with Crippen LogP contribution in [0.5, 0.6) is 5.88 Å². The van der Waals surface area contributed by atoms with Crippen LogP contribution in [0, 0.1) is 6.92 Å². The Hall–Kier alpha value is -3.90. The van der Waals surface area contributed by atoms with E-state index in [0.29, 0.717) is 16.3 Å². The number of H-pyrrole nitrogens is 1. The summed E-state index contributed by atoms with van der Waals surface area (Å²) in [5, 5.41) is 15.0. The molecule has 1 aliphatic heterocycles. The van der Waals surface area contributed by atoms with Crippen LogP contribution in [0.25, 0.3) is 10.8 Å². The van der Waals surface area contributed by atoms with E-state index in [0.717, 1.165) is 29.2 Å². The molecule has 0 saturated carbocycles. The average Bonchev–Trinajstić information content (AvgIpc) is 2.85. The van der Waals surface area contributed by atoms with Crippen molar-refractivity contribution in [3.63, 3.8) is 0 Å². The highest BCUT2D eigenvalue weighted by atomic mass is 16.3. The number of fused-ring (bicyclic) bond motifs is 1. The summed E-state index contributed by atoms with van der Waals surface area (Å²) in [4.78, 5) is 22.1. The van der Waals surface area contributed by atoms with Gasteiger partial charge in [-0.15, -0.1) is 0 Å². The van der Waals surface area contributed by atoms with Gasteiger partial charge in [0.2, 0.25) is 5.88 Å². The minimum atomic E-state index is -0.334. The van der Waals surface area contributed by atoms with Crippen molar-refractivity contribution in [2.75, 3.05) is 18.4 Å². The highest BCUT2D eigenvalue weighted by Crippen LogP contribution is 2.27. The molecule has 178 valence electrons. The fourth-order valence-electron chi connectivity index (χ4n) is 4.64. The molecule has 0 bridgehead atoms. The smallest absolute Gasteiger partial charge is 0.258 e. The standard InChI is InChI=1S/C29H30N4O2/c1-20-6-5-7-23(16-20)31-24-12-13-25-26(17-24)27(29(35)32-28(25)34)18-30-22-10-8-21(9-11-22)19-33-14-3-2-4-15-33/h5-13,16-18,31H,2-4,14-15,19H2,1H3,(H2,32,34,35). The van der Waals surface area contributed by atoms with Gasteiger partial charge in [0.05, 0.1) is 11.3 Å². The number of aliphatic imine (C=N–C) groups is 1. The van der Waals surface area contributed by atoms with Gasteiger partial charge in [0.1, 0.15) is 0 Å². The van der Waals surface area contributed by atoms with Gasteiger partial charge in [0, 0.05) is 34.9 Å². The number of hydrogen-bond acceptors (Lipinski definition) is 5. The molecule has 3 aromatic carbocycles. The first-order valence-corrected chi connectivity index (χ1v) is 12.1. The number of aromatic amines is 1. The maximum absolute atomic E-state index is 12.5. The molecule has 1 aromatic heterocycles. The van der Waals surface area contributed by atoms with Crippen molar-refractivity contribution >= 4 is 34.0 Å². The molecule has 0 unspecified atom stereocenters. The quantitative estimate of drug-likeness (QED) is 0.304. The number of benzene rings is 3. The summed E-state index contributed by atoms with van der Waals surface area (Å²) < 4.78 is 0. The Bertz CT molecular complexity index is 1420. The van der Waals surface area contributed by atoms with Gasteiger partial charge in [-0.05, 0) is 86.4 Å². The Balaban J connectivity index is 1.41. The number of piperidine rings is 1. The summed E-state index contributed by atoms with van der Waals surface area (Å²) in [5.74, 6) is -0.194. The van der Waals surface area contributed by atoms with Crippen molar-refractivity contribution in [1.82, 2.24) is 9.88 Å². The third kappa shape index (κ3) is 5.44. The van der Waals surface area contributed by atoms with Gasteiger partial charge >= 0.3 is 0 Å². The second-order valence-corrected chi connectivity index (χ2v) is 9.23. The maximum Gasteiger partial charge on any atom is 0.258 e. The molecular weight excluding hydrogens is 436 g/mol. The van der Waals surface area contributed by atoms with Crippen molar-refractivity contribution in [2.45, 2.75) is 32.7 Å². The average molecular weight is 467 g/mol. The van der Waals surface area contributed by atoms with Crippen LogP contribution in [0.15, 0.2) is 76.5 Å². The topological polar surface area (TPSA) is 80.7 Å². The second-order valence-electron chi connectivity index (χ2n) is 9.23. The Kier molecular flexibility index (Phi) is 6.64. The SMILES string of the molecule is Cc1cccc(Nc2ccc3c(=O)[nH]c(O)c(C=Nc4ccc(CN5CCCCC5)cc4)c3c2)c1. The number of rotatable bonds is 6. The predicted octanol–water partition coefficient (Wildman–Crippen LogP) is 6.02. The normalized spacial score (nSPS) is 14.5. The van der Waals surface area contributed by atoms with Gasteiger partial charge in [-0.2, -0.15) is 0 Å². The summed E-state index contributed by atoms with van der Waals surface area (Å²) in [7, 11) is 0. The van der Waals surface area contributed by atoms with Crippen molar-refractivity contribution < 1.29 is 5.11 Å². The van der Waals surface area contributed by atoms with E-state index in [9.17, 15) is 9.90 Å². The van der Waals surface area contributed by atoms with Crippen LogP contribution in [-0.2, 0) is 6.54 Å². The van der Waals surface area contributed by atoms with Crippen LogP contribution >= 0.6 is 0 Å². The minimum Gasteiger partial charge on any atom is -0.494 e. The van der Waals surface area contributed by atoms with E-state index in [1.54, 1.807) is 12.3 Å². The van der Waals surface area contributed by atoms with Gasteiger partial charge in [-0.25, -0.2) is 0 Å². The third-order valence-electron chi connectivity index (χ3n) is 6.48. The predicted molar refractivity (Wildman–Crippen MR) is 144 cm³/mol. The maximum atomic E-state index is 12.5. The monoisotopic (exact) mass is 466 g/mol. The van der Waals surface area contributed by atoms with Gasteiger partial charge in [0.15, 0.2) is 0 Å². The molecule has 0 spiro atoms. The first-order valence-electron chi connectivity index (χ1n) is 12.1. The van der Waals surface area contributed by atoms with Crippen molar-refractivity contribution in [3.8, 4) is 5.88 Å². The molecule has 4 aromatic rings. The van der Waals surface area contributed by atoms with Crippen LogP contribution in [-0.4, -0.2) is 34.3 Å². The molecule has 1 fully saturated rings. The lowest BCUT2D eigenvalue weighted by molar-refractivity contribution is 0.221. The molecule has 0 atom stereocenters. The number of nitrogens with zero attached hydrogens (tertiary/aromatic N) is 2. The van der Waals surface area contributed by atoms with E-state index in [1.165, 1.54) is 37.9 Å². The number of hydrogen-bond donors (Lipinski definition) is 3. The second kappa shape index (κ2) is 10.2. The molecule has 3 N–H and O–H groups in total. The molecule has 0 radical (unpaired) electrons. The van der Waals surface area contributed by atoms with Crippen molar-refractivity contribution in [2.24, 2.45) is 4.99 Å². The van der Waals surface area contributed by atoms with E-state index >= 15 is 0 Å². The first kappa shape index (κ1) is 22.9. The van der Waals surface area contributed by atoms with Gasteiger partial charge in [0.25, 0.3) is 5.56 Å². The molecule has 2 heterocycles. The Morgan fingerprint density at radius 1 is 0.971 bits per heavy atom. The number of likely N-dealkylation sites (tertiary alicyclic amines) is 1. The molecule has 0 amide bonds. The van der Waals surface area contributed by atoms with E-state index in [-0.39, 0.29) is 11.4 Å². The van der Waals surface area contributed by atoms with E-state index in [4.69, 9.17) is 0 Å². The number of nitrogens with one attached hydrogen (secondary N) is 2. The molecule has 35 heavy (non-hydrogen) atoms. The molecule has 6 heteroatoms. The van der Waals surface area contributed by atoms with Gasteiger partial charge in [-0.3, -0.25) is 19.7 Å². The molecular formula is C29H30N4O2. The zero-order chi connectivity index (χ0) is 24.2. The van der Waals surface area contributed by atoms with Crippen molar-refractivity contribution in [1.29, 1.82) is 0 Å². The fourth-order valence-corrected chi connectivity index (χ4v) is 4.64.